The van der Waals surface area contributed by atoms with E-state index in [4.69, 9.17) is 14.5 Å². The van der Waals surface area contributed by atoms with Gasteiger partial charge in [0, 0.05) is 25.1 Å². The lowest BCUT2D eigenvalue weighted by molar-refractivity contribution is 0.0780. The lowest BCUT2D eigenvalue weighted by atomic mass is 10.2. The van der Waals surface area contributed by atoms with Gasteiger partial charge in [-0.2, -0.15) is 4.98 Å². The number of hydrogen-bond acceptors (Lipinski definition) is 8. The van der Waals surface area contributed by atoms with Crippen LogP contribution in [0.3, 0.4) is 0 Å². The Morgan fingerprint density at radius 2 is 1.88 bits per heavy atom. The summed E-state index contributed by atoms with van der Waals surface area (Å²) < 4.78 is 10.9. The largest absolute Gasteiger partial charge is 0.459 e. The van der Waals surface area contributed by atoms with Gasteiger partial charge in [0.25, 0.3) is 5.95 Å². The average molecular weight is 427 g/mol. The number of hydrogen-bond donors (Lipinski definition) is 2. The van der Waals surface area contributed by atoms with Crippen molar-refractivity contribution in [2.45, 2.75) is 13.1 Å². The van der Waals surface area contributed by atoms with Gasteiger partial charge in [-0.1, -0.05) is 36.4 Å². The van der Waals surface area contributed by atoms with Gasteiger partial charge < -0.3 is 14.8 Å². The summed E-state index contributed by atoms with van der Waals surface area (Å²) >= 11 is 0. The molecule has 9 nitrogen and oxygen atoms in total. The van der Waals surface area contributed by atoms with Gasteiger partial charge in [-0.05, 0) is 29.3 Å². The van der Waals surface area contributed by atoms with Crippen molar-refractivity contribution in [1.29, 1.82) is 0 Å². The number of pyridine rings is 2. The fourth-order valence-electron chi connectivity index (χ4n) is 3.31. The molecule has 5 rings (SSSR count). The van der Waals surface area contributed by atoms with E-state index >= 15 is 0 Å². The molecule has 0 saturated heterocycles. The third-order valence-electron chi connectivity index (χ3n) is 4.87. The number of nitrogens with one attached hydrogen (secondary N) is 2. The SMILES string of the molecule is C1=C(N(Cc2ccccc2)c2n[nH]c(-c3cccnc3NCc3cccnc3)n2)OCO1. The zero-order valence-electron chi connectivity index (χ0n) is 17.2. The fourth-order valence-corrected chi connectivity index (χ4v) is 3.31. The van der Waals surface area contributed by atoms with Crippen molar-refractivity contribution in [3.8, 4) is 11.4 Å². The predicted molar refractivity (Wildman–Crippen MR) is 119 cm³/mol. The highest BCUT2D eigenvalue weighted by Crippen LogP contribution is 2.27. The molecule has 0 saturated carbocycles. The van der Waals surface area contributed by atoms with E-state index in [1.807, 2.05) is 65.7 Å². The molecule has 0 radical (unpaired) electrons. The van der Waals surface area contributed by atoms with E-state index in [9.17, 15) is 0 Å². The summed E-state index contributed by atoms with van der Waals surface area (Å²) in [5.41, 5.74) is 2.96. The minimum Gasteiger partial charge on any atom is -0.459 e. The van der Waals surface area contributed by atoms with E-state index in [1.54, 1.807) is 18.7 Å². The molecule has 2 N–H and O–H groups in total. The van der Waals surface area contributed by atoms with Crippen LogP contribution in [0.1, 0.15) is 11.1 Å². The van der Waals surface area contributed by atoms with Crippen LogP contribution in [0, 0.1) is 0 Å². The zero-order valence-corrected chi connectivity index (χ0v) is 17.2. The van der Waals surface area contributed by atoms with Crippen molar-refractivity contribution in [3.05, 3.63) is 96.5 Å². The molecular weight excluding hydrogens is 406 g/mol. The Hall–Kier alpha value is -4.40. The standard InChI is InChI=1S/C23H21N7O2/c1-2-6-17(7-3-1)14-30(20-15-31-16-32-20)23-27-22(28-29-23)19-9-5-11-25-21(19)26-13-18-8-4-10-24-12-18/h1-12,15H,13-14,16H2,(H,25,26)(H,27,28,29). The molecule has 9 heteroatoms. The summed E-state index contributed by atoms with van der Waals surface area (Å²) in [6.07, 6.45) is 6.88. The van der Waals surface area contributed by atoms with Gasteiger partial charge in [-0.15, -0.1) is 5.10 Å². The Bertz CT molecular complexity index is 1200. The average Bonchev–Trinajstić information content (AvgIpc) is 3.56. The van der Waals surface area contributed by atoms with Crippen LogP contribution < -0.4 is 10.2 Å². The van der Waals surface area contributed by atoms with Crippen molar-refractivity contribution < 1.29 is 9.47 Å². The Morgan fingerprint density at radius 3 is 2.69 bits per heavy atom. The summed E-state index contributed by atoms with van der Waals surface area (Å²) in [5.74, 6) is 2.33. The van der Waals surface area contributed by atoms with Gasteiger partial charge in [0.05, 0.1) is 12.1 Å². The zero-order chi connectivity index (χ0) is 21.6. The van der Waals surface area contributed by atoms with Gasteiger partial charge in [0.15, 0.2) is 5.82 Å². The maximum absolute atomic E-state index is 5.61. The second-order valence-electron chi connectivity index (χ2n) is 7.06. The summed E-state index contributed by atoms with van der Waals surface area (Å²) in [5, 5.41) is 10.8. The van der Waals surface area contributed by atoms with Gasteiger partial charge in [0.2, 0.25) is 12.7 Å². The molecular formula is C23H21N7O2. The van der Waals surface area contributed by atoms with Crippen LogP contribution in [-0.2, 0) is 22.6 Å². The van der Waals surface area contributed by atoms with E-state index in [-0.39, 0.29) is 6.79 Å². The number of aromatic nitrogens is 5. The molecule has 0 fully saturated rings. The normalized spacial score (nSPS) is 12.6. The van der Waals surface area contributed by atoms with Crippen LogP contribution in [0.5, 0.6) is 0 Å². The number of anilines is 2. The predicted octanol–water partition coefficient (Wildman–Crippen LogP) is 3.68. The van der Waals surface area contributed by atoms with Gasteiger partial charge in [-0.3, -0.25) is 15.0 Å². The highest BCUT2D eigenvalue weighted by atomic mass is 16.7. The maximum Gasteiger partial charge on any atom is 0.252 e. The highest BCUT2D eigenvalue weighted by Gasteiger charge is 2.23. The molecule has 1 aromatic carbocycles. The molecule has 0 aliphatic carbocycles. The lowest BCUT2D eigenvalue weighted by Crippen LogP contribution is -2.23. The molecule has 160 valence electrons. The summed E-state index contributed by atoms with van der Waals surface area (Å²) in [6.45, 7) is 1.30. The number of benzene rings is 1. The molecule has 32 heavy (non-hydrogen) atoms. The number of nitrogens with zero attached hydrogens (tertiary/aromatic N) is 5. The third-order valence-corrected chi connectivity index (χ3v) is 4.87. The Kier molecular flexibility index (Phi) is 5.60. The number of ether oxygens (including phenoxy) is 2. The highest BCUT2D eigenvalue weighted by molar-refractivity contribution is 5.70. The lowest BCUT2D eigenvalue weighted by Gasteiger charge is -2.20. The molecule has 4 aromatic rings. The number of rotatable bonds is 8. The van der Waals surface area contributed by atoms with Crippen LogP contribution >= 0.6 is 0 Å². The van der Waals surface area contributed by atoms with E-state index in [0.717, 1.165) is 16.7 Å². The van der Waals surface area contributed by atoms with Crippen molar-refractivity contribution in [3.63, 3.8) is 0 Å². The first-order valence-corrected chi connectivity index (χ1v) is 10.1. The minimum absolute atomic E-state index is 0.170. The van der Waals surface area contributed by atoms with Crippen LogP contribution in [0.2, 0.25) is 0 Å². The van der Waals surface area contributed by atoms with Gasteiger partial charge >= 0.3 is 0 Å². The molecule has 0 bridgehead atoms. The van der Waals surface area contributed by atoms with E-state index in [2.05, 4.69) is 25.5 Å². The molecule has 1 aliphatic rings. The van der Waals surface area contributed by atoms with Gasteiger partial charge in [0.1, 0.15) is 12.1 Å². The third kappa shape index (κ3) is 4.36. The number of aromatic amines is 1. The summed E-state index contributed by atoms with van der Waals surface area (Å²) in [7, 11) is 0. The van der Waals surface area contributed by atoms with Gasteiger partial charge in [-0.25, -0.2) is 4.98 Å². The van der Waals surface area contributed by atoms with Crippen molar-refractivity contribution in [1.82, 2.24) is 25.1 Å². The van der Waals surface area contributed by atoms with E-state index in [0.29, 0.717) is 36.6 Å². The van der Waals surface area contributed by atoms with Crippen LogP contribution in [0.4, 0.5) is 11.8 Å². The molecule has 0 amide bonds. The second-order valence-corrected chi connectivity index (χ2v) is 7.06. The summed E-state index contributed by atoms with van der Waals surface area (Å²) in [4.78, 5) is 15.2. The fraction of sp³-hybridized carbons (Fsp3) is 0.130. The topological polar surface area (TPSA) is 101 Å². The van der Waals surface area contributed by atoms with Crippen molar-refractivity contribution in [2.24, 2.45) is 0 Å². The maximum atomic E-state index is 5.61. The quantitative estimate of drug-likeness (QED) is 0.439. The second kappa shape index (κ2) is 9.17. The number of H-pyrrole nitrogens is 1. The van der Waals surface area contributed by atoms with Crippen LogP contribution in [-0.4, -0.2) is 31.9 Å². The van der Waals surface area contributed by atoms with Crippen molar-refractivity contribution >= 4 is 11.8 Å². The molecule has 3 aromatic heterocycles. The first-order valence-electron chi connectivity index (χ1n) is 10.1. The van der Waals surface area contributed by atoms with Crippen LogP contribution in [0.25, 0.3) is 11.4 Å². The Labute approximate surface area is 184 Å². The minimum atomic E-state index is 0.170. The van der Waals surface area contributed by atoms with Crippen LogP contribution in [0.15, 0.2) is 85.3 Å². The van der Waals surface area contributed by atoms with E-state index < -0.39 is 0 Å². The first kappa shape index (κ1) is 19.6. The molecule has 0 atom stereocenters. The smallest absolute Gasteiger partial charge is 0.252 e. The summed E-state index contributed by atoms with van der Waals surface area (Å²) in [6, 6.07) is 17.8. The Morgan fingerprint density at radius 1 is 1.00 bits per heavy atom. The van der Waals surface area contributed by atoms with Crippen molar-refractivity contribution in [2.75, 3.05) is 17.0 Å². The molecule has 1 aliphatic heterocycles. The molecule has 4 heterocycles. The van der Waals surface area contributed by atoms with E-state index in [1.165, 1.54) is 0 Å². The Balaban J connectivity index is 1.41. The monoisotopic (exact) mass is 427 g/mol. The molecule has 0 spiro atoms. The first-order chi connectivity index (χ1) is 15.9. The molecule has 0 unspecified atom stereocenters.